The van der Waals surface area contributed by atoms with Crippen LogP contribution >= 0.6 is 43.2 Å². The summed E-state index contributed by atoms with van der Waals surface area (Å²) in [6.07, 6.45) is 0. The second-order valence-corrected chi connectivity index (χ2v) is 7.05. The van der Waals surface area contributed by atoms with Crippen molar-refractivity contribution in [1.82, 2.24) is 10.1 Å². The third-order valence-corrected chi connectivity index (χ3v) is 5.52. The Hall–Kier alpha value is -0.660. The Morgan fingerprint density at radius 2 is 2.22 bits per heavy atom. The van der Waals surface area contributed by atoms with E-state index in [1.54, 1.807) is 11.9 Å². The number of carbonyl (C=O) groups is 1. The molecule has 0 aliphatic rings. The highest BCUT2D eigenvalue weighted by Gasteiger charge is 2.17. The summed E-state index contributed by atoms with van der Waals surface area (Å²) in [4.78, 5) is 14.4. The second-order valence-electron chi connectivity index (χ2n) is 3.82. The molecule has 0 N–H and O–H groups in total. The summed E-state index contributed by atoms with van der Waals surface area (Å²) in [5.41, 5.74) is 0.748. The first-order valence-electron chi connectivity index (χ1n) is 5.10. The summed E-state index contributed by atoms with van der Waals surface area (Å²) in [7, 11) is 1.74. The third kappa shape index (κ3) is 3.02. The summed E-state index contributed by atoms with van der Waals surface area (Å²) in [5, 5.41) is 3.87. The zero-order valence-electron chi connectivity index (χ0n) is 9.74. The van der Waals surface area contributed by atoms with Crippen LogP contribution in [0.5, 0.6) is 0 Å². The number of hydrogen-bond acceptors (Lipinski definition) is 4. The molecule has 0 spiro atoms. The van der Waals surface area contributed by atoms with Crippen molar-refractivity contribution in [3.63, 3.8) is 0 Å². The standard InChI is InChI=1S/C11H10Br2N2O2S/c1-6-3-7(14-17-6)5-15(2)11(16)9-4-8(12)10(13)18-9/h3-4H,5H2,1-2H3. The van der Waals surface area contributed by atoms with Gasteiger partial charge in [0.15, 0.2) is 0 Å². The highest BCUT2D eigenvalue weighted by Crippen LogP contribution is 2.32. The molecule has 18 heavy (non-hydrogen) atoms. The zero-order valence-corrected chi connectivity index (χ0v) is 13.7. The normalized spacial score (nSPS) is 10.7. The lowest BCUT2D eigenvalue weighted by molar-refractivity contribution is 0.0787. The van der Waals surface area contributed by atoms with Gasteiger partial charge in [-0.1, -0.05) is 5.16 Å². The van der Waals surface area contributed by atoms with Crippen molar-refractivity contribution in [1.29, 1.82) is 0 Å². The topological polar surface area (TPSA) is 46.3 Å². The average Bonchev–Trinajstić information content (AvgIpc) is 2.85. The second kappa shape index (κ2) is 5.54. The largest absolute Gasteiger partial charge is 0.361 e. The Bertz CT molecular complexity index is 560. The maximum Gasteiger partial charge on any atom is 0.264 e. The number of nitrogens with zero attached hydrogens (tertiary/aromatic N) is 2. The summed E-state index contributed by atoms with van der Waals surface area (Å²) in [5.74, 6) is 0.708. The van der Waals surface area contributed by atoms with Gasteiger partial charge in [0.2, 0.25) is 0 Å². The maximum absolute atomic E-state index is 12.2. The summed E-state index contributed by atoms with van der Waals surface area (Å²) < 4.78 is 6.78. The number of rotatable bonds is 3. The van der Waals surface area contributed by atoms with Gasteiger partial charge in [0.25, 0.3) is 5.91 Å². The van der Waals surface area contributed by atoms with E-state index in [-0.39, 0.29) is 5.91 Å². The number of carbonyl (C=O) groups excluding carboxylic acids is 1. The van der Waals surface area contributed by atoms with Crippen LogP contribution in [0.4, 0.5) is 0 Å². The molecule has 0 fully saturated rings. The van der Waals surface area contributed by atoms with Crippen LogP contribution in [0.3, 0.4) is 0 Å². The molecule has 0 bridgehead atoms. The van der Waals surface area contributed by atoms with Gasteiger partial charge < -0.3 is 9.42 Å². The number of thiophene rings is 1. The van der Waals surface area contributed by atoms with Crippen LogP contribution in [0, 0.1) is 6.92 Å². The zero-order chi connectivity index (χ0) is 13.3. The molecular formula is C11H10Br2N2O2S. The van der Waals surface area contributed by atoms with Gasteiger partial charge in [-0.2, -0.15) is 0 Å². The van der Waals surface area contributed by atoms with E-state index in [0.29, 0.717) is 11.4 Å². The highest BCUT2D eigenvalue weighted by molar-refractivity contribution is 9.13. The molecule has 0 aliphatic carbocycles. The number of halogens is 2. The van der Waals surface area contributed by atoms with Gasteiger partial charge in [-0.05, 0) is 44.8 Å². The van der Waals surface area contributed by atoms with Crippen LogP contribution in [-0.4, -0.2) is 23.0 Å². The van der Waals surface area contributed by atoms with Gasteiger partial charge in [0.1, 0.15) is 11.5 Å². The number of hydrogen-bond donors (Lipinski definition) is 0. The Kier molecular flexibility index (Phi) is 4.24. The van der Waals surface area contributed by atoms with Gasteiger partial charge in [0.05, 0.1) is 15.2 Å². The predicted molar refractivity (Wildman–Crippen MR) is 76.8 cm³/mol. The van der Waals surface area contributed by atoms with Crippen LogP contribution in [0.25, 0.3) is 0 Å². The van der Waals surface area contributed by atoms with E-state index in [4.69, 9.17) is 4.52 Å². The fraction of sp³-hybridized carbons (Fsp3) is 0.273. The van der Waals surface area contributed by atoms with E-state index in [1.807, 2.05) is 19.1 Å². The molecule has 0 saturated heterocycles. The molecule has 2 rings (SSSR count). The van der Waals surface area contributed by atoms with Crippen molar-refractivity contribution >= 4 is 49.1 Å². The minimum absolute atomic E-state index is 0.0351. The van der Waals surface area contributed by atoms with Crippen LogP contribution < -0.4 is 0 Å². The highest BCUT2D eigenvalue weighted by atomic mass is 79.9. The van der Waals surface area contributed by atoms with Crippen molar-refractivity contribution in [3.8, 4) is 0 Å². The Balaban J connectivity index is 2.09. The van der Waals surface area contributed by atoms with E-state index in [2.05, 4.69) is 37.0 Å². The Labute approximate surface area is 125 Å². The summed E-state index contributed by atoms with van der Waals surface area (Å²) >= 11 is 8.15. The molecule has 0 aromatic carbocycles. The fourth-order valence-electron chi connectivity index (χ4n) is 1.45. The maximum atomic E-state index is 12.2. The Morgan fingerprint density at radius 3 is 2.72 bits per heavy atom. The fourth-order valence-corrected chi connectivity index (χ4v) is 3.48. The molecule has 7 heteroatoms. The predicted octanol–water partition coefficient (Wildman–Crippen LogP) is 3.84. The SMILES string of the molecule is Cc1cc(CN(C)C(=O)c2cc(Br)c(Br)s2)no1. The number of aromatic nitrogens is 1. The number of aryl methyl sites for hydroxylation is 1. The molecule has 2 aromatic heterocycles. The molecule has 0 saturated carbocycles. The van der Waals surface area contributed by atoms with E-state index in [0.717, 1.165) is 19.7 Å². The average molecular weight is 394 g/mol. The van der Waals surface area contributed by atoms with Crippen molar-refractivity contribution in [3.05, 3.63) is 36.7 Å². The van der Waals surface area contributed by atoms with Crippen LogP contribution in [0.2, 0.25) is 0 Å². The summed E-state index contributed by atoms with van der Waals surface area (Å²) in [6.45, 7) is 2.26. The molecule has 0 radical (unpaired) electrons. The van der Waals surface area contributed by atoms with Crippen molar-refractivity contribution in [2.24, 2.45) is 0 Å². The lowest BCUT2D eigenvalue weighted by atomic mass is 10.3. The minimum atomic E-state index is -0.0351. The molecule has 0 aliphatic heterocycles. The van der Waals surface area contributed by atoms with Crippen LogP contribution in [0.15, 0.2) is 24.9 Å². The summed E-state index contributed by atoms with van der Waals surface area (Å²) in [6, 6.07) is 3.63. The lowest BCUT2D eigenvalue weighted by Crippen LogP contribution is -2.25. The van der Waals surface area contributed by atoms with Crippen molar-refractivity contribution < 1.29 is 9.32 Å². The minimum Gasteiger partial charge on any atom is -0.361 e. The molecular weight excluding hydrogens is 384 g/mol. The monoisotopic (exact) mass is 392 g/mol. The van der Waals surface area contributed by atoms with Crippen molar-refractivity contribution in [2.75, 3.05) is 7.05 Å². The first-order valence-corrected chi connectivity index (χ1v) is 7.50. The van der Waals surface area contributed by atoms with Crippen LogP contribution in [-0.2, 0) is 6.54 Å². The van der Waals surface area contributed by atoms with Gasteiger partial charge in [0, 0.05) is 17.6 Å². The van der Waals surface area contributed by atoms with Gasteiger partial charge in [-0.15, -0.1) is 11.3 Å². The molecule has 2 aromatic rings. The van der Waals surface area contributed by atoms with Gasteiger partial charge in [-0.3, -0.25) is 4.79 Å². The first kappa shape index (κ1) is 13.8. The molecule has 2 heterocycles. The molecule has 4 nitrogen and oxygen atoms in total. The molecule has 0 atom stereocenters. The van der Waals surface area contributed by atoms with E-state index in [1.165, 1.54) is 11.3 Å². The quantitative estimate of drug-likeness (QED) is 0.795. The van der Waals surface area contributed by atoms with Crippen LogP contribution in [0.1, 0.15) is 21.1 Å². The van der Waals surface area contributed by atoms with Gasteiger partial charge >= 0.3 is 0 Å². The van der Waals surface area contributed by atoms with Gasteiger partial charge in [-0.25, -0.2) is 0 Å². The number of amides is 1. The molecule has 0 unspecified atom stereocenters. The molecule has 1 amide bonds. The van der Waals surface area contributed by atoms with E-state index < -0.39 is 0 Å². The lowest BCUT2D eigenvalue weighted by Gasteiger charge is -2.13. The molecule has 96 valence electrons. The van der Waals surface area contributed by atoms with E-state index >= 15 is 0 Å². The third-order valence-electron chi connectivity index (χ3n) is 2.28. The van der Waals surface area contributed by atoms with E-state index in [9.17, 15) is 4.79 Å². The van der Waals surface area contributed by atoms with Crippen molar-refractivity contribution in [2.45, 2.75) is 13.5 Å². The smallest absolute Gasteiger partial charge is 0.264 e. The first-order chi connectivity index (χ1) is 8.47. The Morgan fingerprint density at radius 1 is 1.50 bits per heavy atom.